The fourth-order valence-corrected chi connectivity index (χ4v) is 1.99. The van der Waals surface area contributed by atoms with E-state index in [0.29, 0.717) is 10.8 Å². The van der Waals surface area contributed by atoms with Gasteiger partial charge in [-0.15, -0.1) is 0 Å². The van der Waals surface area contributed by atoms with Crippen molar-refractivity contribution in [1.29, 1.82) is 0 Å². The summed E-state index contributed by atoms with van der Waals surface area (Å²) in [5, 5.41) is 3.87. The maximum absolute atomic E-state index is 5.99. The molecule has 0 saturated carbocycles. The van der Waals surface area contributed by atoms with Crippen molar-refractivity contribution in [3.63, 3.8) is 0 Å². The molecule has 1 aliphatic rings. The minimum absolute atomic E-state index is 0.639. The third kappa shape index (κ3) is 2.25. The van der Waals surface area contributed by atoms with Crippen molar-refractivity contribution >= 4 is 17.3 Å². The molecule has 1 aromatic rings. The highest BCUT2D eigenvalue weighted by Gasteiger charge is 2.14. The van der Waals surface area contributed by atoms with Crippen molar-refractivity contribution in [3.05, 3.63) is 35.5 Å². The van der Waals surface area contributed by atoms with E-state index in [4.69, 9.17) is 16.3 Å². The number of benzene rings is 1. The number of methoxy groups -OCH3 is 1. The molecule has 1 aromatic carbocycles. The van der Waals surface area contributed by atoms with Crippen molar-refractivity contribution < 1.29 is 4.74 Å². The first-order valence-corrected chi connectivity index (χ1v) is 5.58. The van der Waals surface area contributed by atoms with Gasteiger partial charge in [-0.05, 0) is 12.1 Å². The van der Waals surface area contributed by atoms with Crippen molar-refractivity contribution in [2.24, 2.45) is 0 Å². The van der Waals surface area contributed by atoms with E-state index in [-0.39, 0.29) is 0 Å². The van der Waals surface area contributed by atoms with Gasteiger partial charge in [0.1, 0.15) is 5.75 Å². The van der Waals surface area contributed by atoms with Crippen LogP contribution < -0.4 is 15.0 Å². The van der Waals surface area contributed by atoms with Crippen LogP contribution in [0.5, 0.6) is 5.75 Å². The van der Waals surface area contributed by atoms with Gasteiger partial charge in [-0.2, -0.15) is 0 Å². The zero-order valence-electron chi connectivity index (χ0n) is 9.29. The number of nitrogens with one attached hydrogen (secondary N) is 1. The van der Waals surface area contributed by atoms with Crippen LogP contribution in [0.2, 0.25) is 5.02 Å². The Kier molecular flexibility index (Phi) is 3.25. The maximum atomic E-state index is 5.99. The van der Waals surface area contributed by atoms with E-state index in [9.17, 15) is 0 Å². The Labute approximate surface area is 101 Å². The molecule has 4 heteroatoms. The van der Waals surface area contributed by atoms with Crippen LogP contribution in [0.15, 0.2) is 30.5 Å². The van der Waals surface area contributed by atoms with Crippen LogP contribution in [-0.2, 0) is 0 Å². The van der Waals surface area contributed by atoms with Gasteiger partial charge < -0.3 is 15.0 Å². The van der Waals surface area contributed by atoms with Crippen molar-refractivity contribution in [2.45, 2.75) is 0 Å². The molecule has 1 fully saturated rings. The first-order valence-electron chi connectivity index (χ1n) is 5.21. The average molecular weight is 239 g/mol. The van der Waals surface area contributed by atoms with E-state index >= 15 is 0 Å². The summed E-state index contributed by atoms with van der Waals surface area (Å²) in [6, 6.07) is 5.82. The lowest BCUT2D eigenvalue weighted by molar-refractivity contribution is 0.415. The molecule has 1 N–H and O–H groups in total. The first-order chi connectivity index (χ1) is 7.70. The molecule has 0 amide bonds. The van der Waals surface area contributed by atoms with Gasteiger partial charge in [-0.1, -0.05) is 18.2 Å². The van der Waals surface area contributed by atoms with Crippen LogP contribution in [0.1, 0.15) is 0 Å². The Morgan fingerprint density at radius 1 is 1.50 bits per heavy atom. The second kappa shape index (κ2) is 4.66. The van der Waals surface area contributed by atoms with Crippen LogP contribution >= 0.6 is 11.6 Å². The number of ether oxygens (including phenoxy) is 1. The van der Waals surface area contributed by atoms with Crippen LogP contribution in [0.4, 0.5) is 5.69 Å². The quantitative estimate of drug-likeness (QED) is 0.856. The van der Waals surface area contributed by atoms with E-state index in [1.165, 1.54) is 0 Å². The summed E-state index contributed by atoms with van der Waals surface area (Å²) in [7, 11) is 1.63. The summed E-state index contributed by atoms with van der Waals surface area (Å²) in [6.07, 6.45) is 0. The predicted octanol–water partition coefficient (Wildman–Crippen LogP) is 2.27. The van der Waals surface area contributed by atoms with Crippen molar-refractivity contribution in [3.8, 4) is 5.75 Å². The van der Waals surface area contributed by atoms with Gasteiger partial charge in [-0.3, -0.25) is 0 Å². The van der Waals surface area contributed by atoms with Crippen molar-refractivity contribution in [2.75, 3.05) is 31.6 Å². The molecule has 16 heavy (non-hydrogen) atoms. The monoisotopic (exact) mass is 238 g/mol. The van der Waals surface area contributed by atoms with Crippen molar-refractivity contribution in [1.82, 2.24) is 5.32 Å². The summed E-state index contributed by atoms with van der Waals surface area (Å²) < 4.78 is 5.21. The number of rotatable bonds is 2. The Balaban J connectivity index is 2.22. The molecule has 1 aliphatic heterocycles. The lowest BCUT2D eigenvalue weighted by atomic mass is 10.2. The number of hydrogen-bond donors (Lipinski definition) is 1. The van der Waals surface area contributed by atoms with E-state index in [0.717, 1.165) is 31.0 Å². The standard InChI is InChI=1S/C12H15ClN2O/c1-9-8-15(6-5-14-9)10-3-4-11(13)12(7-10)16-2/h3-4,7,14H,1,5-6,8H2,2H3. The molecule has 0 aromatic heterocycles. The third-order valence-corrected chi connectivity index (χ3v) is 2.95. The molecule has 0 spiro atoms. The van der Waals surface area contributed by atoms with Gasteiger partial charge in [-0.25, -0.2) is 0 Å². The SMILES string of the molecule is C=C1CN(c2ccc(Cl)c(OC)c2)CCN1. The van der Waals surface area contributed by atoms with E-state index in [1.54, 1.807) is 7.11 Å². The van der Waals surface area contributed by atoms with Crippen LogP contribution in [0, 0.1) is 0 Å². The molecule has 1 saturated heterocycles. The van der Waals surface area contributed by atoms with Gasteiger partial charge >= 0.3 is 0 Å². The fraction of sp³-hybridized carbons (Fsp3) is 0.333. The highest BCUT2D eigenvalue weighted by atomic mass is 35.5. The molecule has 0 unspecified atom stereocenters. The lowest BCUT2D eigenvalue weighted by Gasteiger charge is -2.31. The zero-order valence-corrected chi connectivity index (χ0v) is 10.0. The highest BCUT2D eigenvalue weighted by Crippen LogP contribution is 2.29. The average Bonchev–Trinajstić information content (AvgIpc) is 2.29. The number of halogens is 1. The number of hydrogen-bond acceptors (Lipinski definition) is 3. The zero-order chi connectivity index (χ0) is 11.5. The molecule has 0 bridgehead atoms. The summed E-state index contributed by atoms with van der Waals surface area (Å²) in [5.41, 5.74) is 2.16. The minimum atomic E-state index is 0.639. The third-order valence-electron chi connectivity index (χ3n) is 2.64. The molecule has 86 valence electrons. The van der Waals surface area contributed by atoms with E-state index in [2.05, 4.69) is 16.8 Å². The predicted molar refractivity (Wildman–Crippen MR) is 67.4 cm³/mol. The maximum Gasteiger partial charge on any atom is 0.139 e. The van der Waals surface area contributed by atoms with E-state index < -0.39 is 0 Å². The largest absolute Gasteiger partial charge is 0.495 e. The molecule has 0 atom stereocenters. The van der Waals surface area contributed by atoms with Gasteiger partial charge in [0.2, 0.25) is 0 Å². The Morgan fingerprint density at radius 2 is 2.31 bits per heavy atom. The second-order valence-electron chi connectivity index (χ2n) is 3.77. The smallest absolute Gasteiger partial charge is 0.139 e. The number of piperazine rings is 1. The van der Waals surface area contributed by atoms with E-state index in [1.807, 2.05) is 18.2 Å². The summed E-state index contributed by atoms with van der Waals surface area (Å²) >= 11 is 5.99. The lowest BCUT2D eigenvalue weighted by Crippen LogP contribution is -2.41. The fourth-order valence-electron chi connectivity index (χ4n) is 1.80. The Hall–Kier alpha value is -1.35. The Bertz CT molecular complexity index is 406. The molecule has 3 nitrogen and oxygen atoms in total. The van der Waals surface area contributed by atoms with Gasteiger partial charge in [0.15, 0.2) is 0 Å². The summed E-state index contributed by atoms with van der Waals surface area (Å²) in [5.74, 6) is 0.711. The molecule has 0 radical (unpaired) electrons. The van der Waals surface area contributed by atoms with Gasteiger partial charge in [0.25, 0.3) is 0 Å². The van der Waals surface area contributed by atoms with Crippen LogP contribution in [0.25, 0.3) is 0 Å². The normalized spacial score (nSPS) is 15.9. The number of nitrogens with zero attached hydrogens (tertiary/aromatic N) is 1. The number of anilines is 1. The summed E-state index contributed by atoms with van der Waals surface area (Å²) in [6.45, 7) is 6.65. The topological polar surface area (TPSA) is 24.5 Å². The summed E-state index contributed by atoms with van der Waals surface area (Å²) in [4.78, 5) is 2.25. The molecule has 0 aliphatic carbocycles. The highest BCUT2D eigenvalue weighted by molar-refractivity contribution is 6.32. The minimum Gasteiger partial charge on any atom is -0.495 e. The second-order valence-corrected chi connectivity index (χ2v) is 4.18. The molecular weight excluding hydrogens is 224 g/mol. The van der Waals surface area contributed by atoms with Gasteiger partial charge in [0, 0.05) is 30.5 Å². The molecule has 1 heterocycles. The first kappa shape index (κ1) is 11.1. The van der Waals surface area contributed by atoms with Crippen LogP contribution in [-0.4, -0.2) is 26.7 Å². The molecule has 2 rings (SSSR count). The van der Waals surface area contributed by atoms with Gasteiger partial charge in [0.05, 0.1) is 18.7 Å². The van der Waals surface area contributed by atoms with Crippen LogP contribution in [0.3, 0.4) is 0 Å². The Morgan fingerprint density at radius 3 is 3.00 bits per heavy atom. The molecular formula is C12H15ClN2O.